The molecule has 0 aliphatic carbocycles. The first-order valence-corrected chi connectivity index (χ1v) is 9.15. The fourth-order valence-corrected chi connectivity index (χ4v) is 5.26. The van der Waals surface area contributed by atoms with Crippen molar-refractivity contribution >= 4 is 29.3 Å². The van der Waals surface area contributed by atoms with Crippen LogP contribution in [0.2, 0.25) is 0 Å². The van der Waals surface area contributed by atoms with Crippen molar-refractivity contribution in [3.05, 3.63) is 60.7 Å². The summed E-state index contributed by atoms with van der Waals surface area (Å²) in [4.78, 5) is -4.38. The summed E-state index contributed by atoms with van der Waals surface area (Å²) < 4.78 is 66.0. The maximum absolute atomic E-state index is 14.0. The van der Waals surface area contributed by atoms with E-state index in [1.54, 1.807) is 18.2 Å². The van der Waals surface area contributed by atoms with E-state index >= 15 is 0 Å². The van der Waals surface area contributed by atoms with E-state index < -0.39 is 40.0 Å². The molecule has 0 radical (unpaired) electrons. The Hall–Kier alpha value is -1.30. The third kappa shape index (κ3) is 3.67. The van der Waals surface area contributed by atoms with Gasteiger partial charge in [0, 0.05) is 0 Å². The first-order chi connectivity index (χ1) is 9.84. The Morgan fingerprint density at radius 1 is 0.905 bits per heavy atom. The van der Waals surface area contributed by atoms with Crippen LogP contribution in [0.5, 0.6) is 0 Å². The zero-order chi connectivity index (χ0) is 15.5. The van der Waals surface area contributed by atoms with Crippen molar-refractivity contribution < 1.29 is 21.6 Å². The second-order valence-corrected chi connectivity index (χ2v) is 8.69. The van der Waals surface area contributed by atoms with Crippen LogP contribution in [0.25, 0.3) is 0 Å². The molecule has 2 aromatic rings. The van der Waals surface area contributed by atoms with E-state index in [4.69, 9.17) is 0 Å². The Kier molecular flexibility index (Phi) is 4.76. The first-order valence-electron chi connectivity index (χ1n) is 5.89. The fraction of sp³-hybridized carbons (Fsp3) is 0.143. The van der Waals surface area contributed by atoms with Gasteiger partial charge < -0.3 is 0 Å². The number of benzene rings is 2. The zero-order valence-corrected chi connectivity index (χ0v) is 13.1. The Bertz CT molecular complexity index is 691. The normalized spacial score (nSPS) is 13.9. The molecule has 0 aliphatic rings. The van der Waals surface area contributed by atoms with Gasteiger partial charge in [-0.05, 0) is 0 Å². The molecule has 2 nitrogen and oxygen atoms in total. The van der Waals surface area contributed by atoms with E-state index in [0.29, 0.717) is 0 Å². The Labute approximate surface area is 127 Å². The third-order valence-corrected chi connectivity index (χ3v) is 6.78. The Morgan fingerprint density at radius 2 is 1.38 bits per heavy atom. The fourth-order valence-electron chi connectivity index (χ4n) is 1.60. The molecule has 1 unspecified atom stereocenters. The van der Waals surface area contributed by atoms with Gasteiger partial charge in [0.15, 0.2) is 0 Å². The molecule has 112 valence electrons. The van der Waals surface area contributed by atoms with Crippen LogP contribution in [-0.2, 0) is 9.84 Å². The molecule has 1 atom stereocenters. The molecule has 0 saturated heterocycles. The molecule has 21 heavy (non-hydrogen) atoms. The average Bonchev–Trinajstić information content (AvgIpc) is 2.48. The van der Waals surface area contributed by atoms with Crippen molar-refractivity contribution in [2.45, 2.75) is 15.2 Å². The van der Waals surface area contributed by atoms with Crippen LogP contribution in [0.3, 0.4) is 0 Å². The Balaban J connectivity index is 2.27. The van der Waals surface area contributed by atoms with Crippen LogP contribution in [0, 0.1) is 0 Å². The SMILES string of the molecule is O=S(=O)(c1ccccc1)C(F)C(F)(F)[Se]c1ccccc1. The van der Waals surface area contributed by atoms with Gasteiger partial charge >= 0.3 is 127 Å². The first kappa shape index (κ1) is 16.1. The predicted molar refractivity (Wildman–Crippen MR) is 75.3 cm³/mol. The van der Waals surface area contributed by atoms with Crippen molar-refractivity contribution in [1.82, 2.24) is 0 Å². The van der Waals surface area contributed by atoms with Crippen molar-refractivity contribution in [3.8, 4) is 0 Å². The summed E-state index contributed by atoms with van der Waals surface area (Å²) in [6.07, 6.45) is 0. The standard InChI is InChI=1S/C14H11F3O2SSe/c15-13(20(18,19)11-7-3-1-4-8-11)14(16,17)21-12-9-5-2-6-10-12/h1-10,13H. The van der Waals surface area contributed by atoms with E-state index in [0.717, 1.165) is 12.1 Å². The van der Waals surface area contributed by atoms with Gasteiger partial charge in [-0.1, -0.05) is 0 Å². The van der Waals surface area contributed by atoms with E-state index in [1.807, 2.05) is 0 Å². The van der Waals surface area contributed by atoms with Crippen molar-refractivity contribution in [2.75, 3.05) is 0 Å². The molecule has 0 bridgehead atoms. The van der Waals surface area contributed by atoms with Crippen LogP contribution in [-0.4, -0.2) is 33.7 Å². The molecule has 2 rings (SSSR count). The molecule has 2 aromatic carbocycles. The summed E-state index contributed by atoms with van der Waals surface area (Å²) in [5.41, 5.74) is -3.26. The van der Waals surface area contributed by atoms with E-state index in [1.165, 1.54) is 30.3 Å². The zero-order valence-electron chi connectivity index (χ0n) is 10.6. The minimum absolute atomic E-state index is 0.237. The van der Waals surface area contributed by atoms with Gasteiger partial charge in [0.05, 0.1) is 0 Å². The van der Waals surface area contributed by atoms with Gasteiger partial charge in [-0.25, -0.2) is 0 Å². The van der Waals surface area contributed by atoms with Gasteiger partial charge in [-0.15, -0.1) is 0 Å². The molecule has 7 heteroatoms. The third-order valence-electron chi connectivity index (χ3n) is 2.61. The van der Waals surface area contributed by atoms with Crippen LogP contribution < -0.4 is 4.46 Å². The van der Waals surface area contributed by atoms with E-state index in [-0.39, 0.29) is 4.46 Å². The predicted octanol–water partition coefficient (Wildman–Crippen LogP) is 2.38. The van der Waals surface area contributed by atoms with Crippen LogP contribution >= 0.6 is 0 Å². The Morgan fingerprint density at radius 3 is 1.90 bits per heavy atom. The second kappa shape index (κ2) is 6.22. The molecule has 0 amide bonds. The molecule has 0 spiro atoms. The second-order valence-electron chi connectivity index (χ2n) is 4.15. The number of hydrogen-bond donors (Lipinski definition) is 0. The molecule has 0 aliphatic heterocycles. The van der Waals surface area contributed by atoms with E-state index in [2.05, 4.69) is 0 Å². The quantitative estimate of drug-likeness (QED) is 0.748. The van der Waals surface area contributed by atoms with Crippen LogP contribution in [0.1, 0.15) is 0 Å². The minimum atomic E-state index is -4.72. The van der Waals surface area contributed by atoms with Gasteiger partial charge in [-0.3, -0.25) is 0 Å². The van der Waals surface area contributed by atoms with Crippen molar-refractivity contribution in [2.24, 2.45) is 0 Å². The number of alkyl halides is 3. The topological polar surface area (TPSA) is 34.1 Å². The molecule has 0 saturated carbocycles. The molecule has 0 N–H and O–H groups in total. The van der Waals surface area contributed by atoms with Gasteiger partial charge in [-0.2, -0.15) is 0 Å². The van der Waals surface area contributed by atoms with Gasteiger partial charge in [0.25, 0.3) is 0 Å². The monoisotopic (exact) mass is 380 g/mol. The number of rotatable bonds is 5. The molecular weight excluding hydrogens is 368 g/mol. The van der Waals surface area contributed by atoms with Crippen molar-refractivity contribution in [1.29, 1.82) is 0 Å². The van der Waals surface area contributed by atoms with Crippen LogP contribution in [0.15, 0.2) is 65.6 Å². The molecule has 0 heterocycles. The number of sulfone groups is 1. The number of halogens is 3. The van der Waals surface area contributed by atoms with Gasteiger partial charge in [0.2, 0.25) is 0 Å². The summed E-state index contributed by atoms with van der Waals surface area (Å²) in [6.45, 7) is 0. The summed E-state index contributed by atoms with van der Waals surface area (Å²) >= 11 is -1.62. The van der Waals surface area contributed by atoms with E-state index in [9.17, 15) is 21.6 Å². The van der Waals surface area contributed by atoms with Crippen molar-refractivity contribution in [3.63, 3.8) is 0 Å². The maximum atomic E-state index is 14.0. The molecular formula is C14H11F3O2SSe. The van der Waals surface area contributed by atoms with Crippen LogP contribution in [0.4, 0.5) is 13.2 Å². The summed E-state index contributed by atoms with van der Waals surface area (Å²) in [5.74, 6) is 0. The summed E-state index contributed by atoms with van der Waals surface area (Å²) in [5, 5.41) is 0. The average molecular weight is 379 g/mol. The van der Waals surface area contributed by atoms with Gasteiger partial charge in [0.1, 0.15) is 0 Å². The number of hydrogen-bond acceptors (Lipinski definition) is 2. The summed E-state index contributed by atoms with van der Waals surface area (Å²) in [6, 6.07) is 14.1. The molecule has 0 aromatic heterocycles. The molecule has 0 fully saturated rings. The summed E-state index contributed by atoms with van der Waals surface area (Å²) in [7, 11) is -4.72.